The first-order valence-electron chi connectivity index (χ1n) is 25.2. The van der Waals surface area contributed by atoms with Gasteiger partial charge < -0.3 is 38.9 Å². The summed E-state index contributed by atoms with van der Waals surface area (Å²) in [6.07, 6.45) is 5.07. The Morgan fingerprint density at radius 3 is 2.17 bits per heavy atom. The van der Waals surface area contributed by atoms with Crippen LogP contribution in [0, 0.1) is 22.9 Å². The first-order chi connectivity index (χ1) is 36.6. The number of piperidine rings is 1. The summed E-state index contributed by atoms with van der Waals surface area (Å²) in [5.41, 5.74) is 4.94. The van der Waals surface area contributed by atoms with Gasteiger partial charge in [0.2, 0.25) is 0 Å². The molecule has 2 atom stereocenters. The third-order valence-corrected chi connectivity index (χ3v) is 19.6. The zero-order valence-electron chi connectivity index (χ0n) is 42.9. The zero-order valence-corrected chi connectivity index (χ0v) is 47.1. The molecule has 0 spiro atoms. The van der Waals surface area contributed by atoms with Gasteiger partial charge in [0.05, 0.1) is 32.6 Å². The Morgan fingerprint density at radius 2 is 1.55 bits per heavy atom. The third kappa shape index (κ3) is 12.9. The van der Waals surface area contributed by atoms with E-state index in [0.29, 0.717) is 110 Å². The van der Waals surface area contributed by atoms with E-state index in [9.17, 15) is 37.4 Å². The smallest absolute Gasteiger partial charge is 0.432 e. The highest BCUT2D eigenvalue weighted by atomic mass is 35.5. The topological polar surface area (TPSA) is 200 Å². The summed E-state index contributed by atoms with van der Waals surface area (Å²) in [5.74, 6) is 0.0860. The van der Waals surface area contributed by atoms with Crippen molar-refractivity contribution in [3.63, 3.8) is 0 Å². The Hall–Kier alpha value is -5.66. The summed E-state index contributed by atoms with van der Waals surface area (Å²) in [7, 11) is -12.3. The summed E-state index contributed by atoms with van der Waals surface area (Å²) >= 11 is 7.89. The average molecular weight is 1150 g/mol. The highest BCUT2D eigenvalue weighted by Gasteiger charge is 2.40. The number of piperazine rings is 1. The van der Waals surface area contributed by atoms with Gasteiger partial charge in [0.25, 0.3) is 5.69 Å². The van der Waals surface area contributed by atoms with Crippen LogP contribution in [0.3, 0.4) is 0 Å². The third-order valence-electron chi connectivity index (χ3n) is 14.1. The Bertz CT molecular complexity index is 3350. The summed E-state index contributed by atoms with van der Waals surface area (Å²) in [6, 6.07) is 33.3. The highest BCUT2D eigenvalue weighted by molar-refractivity contribution is 7.99. The van der Waals surface area contributed by atoms with Gasteiger partial charge in [0.15, 0.2) is 9.84 Å². The van der Waals surface area contributed by atoms with Gasteiger partial charge >= 0.3 is 15.3 Å². The van der Waals surface area contributed by atoms with Crippen molar-refractivity contribution in [3.05, 3.63) is 154 Å². The molecule has 0 radical (unpaired) electrons. The van der Waals surface area contributed by atoms with Crippen LogP contribution in [-0.4, -0.2) is 103 Å². The number of anilines is 4. The largest absolute Gasteiger partial charge is 0.469 e. The summed E-state index contributed by atoms with van der Waals surface area (Å²) in [4.78, 5) is 38.4. The average Bonchev–Trinajstić information content (AvgIpc) is 4.15. The second kappa shape index (κ2) is 23.4. The molecule has 3 aliphatic heterocycles. The number of nitro benzene ring substituents is 1. The number of nitro groups is 1. The quantitative estimate of drug-likeness (QED) is 0.0299. The van der Waals surface area contributed by atoms with Crippen LogP contribution in [0.15, 0.2) is 138 Å². The van der Waals surface area contributed by atoms with E-state index in [-0.39, 0.29) is 33.7 Å². The number of aromatic nitrogens is 1. The predicted molar refractivity (Wildman–Crippen MR) is 304 cm³/mol. The van der Waals surface area contributed by atoms with Crippen LogP contribution in [0.4, 0.5) is 32.8 Å². The number of thioether (sulfide) groups is 1. The van der Waals surface area contributed by atoms with Crippen LogP contribution in [0.1, 0.15) is 44.8 Å². The minimum atomic E-state index is -4.59. The maximum Gasteiger partial charge on any atom is 0.469 e. The number of nitrogens with zero attached hydrogens (tertiary/aromatic N) is 6. The SMILES string of the molecule is Cc1c(S(C)(=O)=O)c(-c2cc(F)cc(N3CCN(c4ccc(N5C=CO[P@]5(=O)c5ccc(NC(CCN6CCC(OP(=O)(O)O)CC6)CSc6ccccc6)c([N+](=O)[O-])c5)cc4)CC3)c2)c(-c2ccc(Cl)cc2)n1C(C)C. The second-order valence-corrected chi connectivity index (χ2v) is 26.5. The van der Waals surface area contributed by atoms with Gasteiger partial charge in [-0.2, -0.15) is 0 Å². The molecule has 3 aliphatic rings. The van der Waals surface area contributed by atoms with Crippen molar-refractivity contribution < 1.29 is 45.7 Å². The molecule has 2 saturated heterocycles. The van der Waals surface area contributed by atoms with Crippen molar-refractivity contribution in [2.45, 2.75) is 68.0 Å². The maximum atomic E-state index is 15.8. The molecular weight excluding hydrogens is 1090 g/mol. The molecule has 0 amide bonds. The lowest BCUT2D eigenvalue weighted by molar-refractivity contribution is -0.383. The van der Waals surface area contributed by atoms with Crippen molar-refractivity contribution in [1.29, 1.82) is 0 Å². The van der Waals surface area contributed by atoms with Crippen molar-refractivity contribution in [2.24, 2.45) is 0 Å². The predicted octanol–water partition coefficient (Wildman–Crippen LogP) is 11.5. The lowest BCUT2D eigenvalue weighted by Gasteiger charge is -2.37. The van der Waals surface area contributed by atoms with Crippen LogP contribution in [0.25, 0.3) is 22.4 Å². The van der Waals surface area contributed by atoms with Gasteiger partial charge in [-0.1, -0.05) is 41.9 Å². The Balaban J connectivity index is 0.889. The Kier molecular flexibility index (Phi) is 17.0. The number of sulfone groups is 1. The molecular formula is C54H61ClFN7O10P2S2. The van der Waals surface area contributed by atoms with Crippen molar-refractivity contribution in [3.8, 4) is 22.4 Å². The van der Waals surface area contributed by atoms with Crippen molar-refractivity contribution in [1.82, 2.24) is 9.47 Å². The highest BCUT2D eigenvalue weighted by Crippen LogP contribution is 2.57. The normalized spacial score (nSPS) is 18.0. The summed E-state index contributed by atoms with van der Waals surface area (Å²) in [5, 5.41) is 16.8. The molecule has 408 valence electrons. The van der Waals surface area contributed by atoms with Gasteiger partial charge in [-0.15, -0.1) is 11.8 Å². The fourth-order valence-electron chi connectivity index (χ4n) is 10.5. The summed E-state index contributed by atoms with van der Waals surface area (Å²) < 4.78 is 83.4. The Morgan fingerprint density at radius 1 is 0.896 bits per heavy atom. The number of likely N-dealkylation sites (tertiary alicyclic amines) is 1. The lowest BCUT2D eigenvalue weighted by Crippen LogP contribution is -2.46. The zero-order chi connectivity index (χ0) is 54.8. The van der Waals surface area contributed by atoms with Crippen molar-refractivity contribution >= 4 is 82.3 Å². The first-order valence-corrected chi connectivity index (χ1v) is 31.6. The van der Waals surface area contributed by atoms with E-state index < -0.39 is 42.0 Å². The molecule has 77 heavy (non-hydrogen) atoms. The van der Waals surface area contributed by atoms with Crippen LogP contribution in [0.5, 0.6) is 0 Å². The van der Waals surface area contributed by atoms with Crippen LogP contribution in [-0.2, 0) is 28.0 Å². The number of hydrogen-bond acceptors (Lipinski definition) is 13. The number of phosphoric ester groups is 1. The number of nitrogens with one attached hydrogen (secondary N) is 1. The van der Waals surface area contributed by atoms with Crippen LogP contribution >= 0.6 is 38.7 Å². The van der Waals surface area contributed by atoms with E-state index in [1.165, 1.54) is 35.4 Å². The van der Waals surface area contributed by atoms with Crippen LogP contribution in [0.2, 0.25) is 5.02 Å². The molecule has 4 heterocycles. The molecule has 1 unspecified atom stereocenters. The minimum absolute atomic E-state index is 0.112. The fraction of sp³-hybridized carbons (Fsp3) is 0.333. The van der Waals surface area contributed by atoms with E-state index in [4.69, 9.17) is 20.6 Å². The van der Waals surface area contributed by atoms with Gasteiger partial charge in [-0.3, -0.25) is 19.3 Å². The number of rotatable bonds is 19. The molecule has 3 N–H and O–H groups in total. The lowest BCUT2D eigenvalue weighted by atomic mass is 9.99. The van der Waals surface area contributed by atoms with E-state index in [2.05, 4.69) is 20.0 Å². The van der Waals surface area contributed by atoms with E-state index >= 15 is 4.39 Å². The fourth-order valence-corrected chi connectivity index (χ4v) is 15.3. The molecule has 17 nitrogen and oxygen atoms in total. The summed E-state index contributed by atoms with van der Waals surface area (Å²) in [6.45, 7) is 9.78. The van der Waals surface area contributed by atoms with Crippen molar-refractivity contribution in [2.75, 3.05) is 77.6 Å². The molecule has 2 fully saturated rings. The molecule has 5 aromatic carbocycles. The number of phosphoric acid groups is 1. The van der Waals surface area contributed by atoms with Gasteiger partial charge in [0, 0.05) is 115 Å². The number of halogens is 2. The van der Waals surface area contributed by atoms with Crippen LogP contribution < -0.4 is 25.1 Å². The molecule has 9 rings (SSSR count). The number of hydrogen-bond donors (Lipinski definition) is 3. The van der Waals surface area contributed by atoms with Gasteiger partial charge in [-0.25, -0.2) is 21.9 Å². The maximum absolute atomic E-state index is 15.8. The Labute approximate surface area is 457 Å². The first kappa shape index (κ1) is 56.1. The molecule has 0 aliphatic carbocycles. The van der Waals surface area contributed by atoms with E-state index in [0.717, 1.165) is 16.1 Å². The van der Waals surface area contributed by atoms with E-state index in [1.807, 2.05) is 91.2 Å². The minimum Gasteiger partial charge on any atom is -0.432 e. The molecule has 6 aromatic rings. The molecule has 23 heteroatoms. The van der Waals surface area contributed by atoms with Gasteiger partial charge in [0.1, 0.15) is 17.8 Å². The standard InChI is InChI=1S/C54H61ClFN7O10P2S2/c1-37(2)62-38(3)54(77(4,70)71)52(53(62)39-10-12-41(55)13-11-39)40-32-42(56)34-46(33-40)60-28-26-59(27-29-60)44-14-16-45(17-15-44)61-30-31-72-74(61,66)48-18-19-50(51(35-48)63(64)65)57-43(36-76-49-8-6-5-7-9-49)20-23-58-24-21-47(22-25-58)73-75(67,68)69/h5-19,30-35,37,43,47,57H,20-29,36H2,1-4H3,(H2,67,68,69)/t43?,74-/m1/s1. The van der Waals surface area contributed by atoms with Gasteiger partial charge in [-0.05, 0) is 130 Å². The number of benzene rings is 5. The monoisotopic (exact) mass is 1150 g/mol. The molecule has 0 bridgehead atoms. The molecule has 0 saturated carbocycles. The second-order valence-electron chi connectivity index (χ2n) is 19.7. The molecule has 1 aromatic heterocycles. The van der Waals surface area contributed by atoms with E-state index in [1.54, 1.807) is 49.2 Å².